The average molecular weight is 523 g/mol. The molecule has 8 heteroatoms. The van der Waals surface area contributed by atoms with Gasteiger partial charge in [0.1, 0.15) is 18.2 Å². The van der Waals surface area contributed by atoms with Crippen LogP contribution in [0.15, 0.2) is 58.1 Å². The minimum atomic E-state index is 0. The maximum absolute atomic E-state index is 5.60. The van der Waals surface area contributed by atoms with Gasteiger partial charge >= 0.3 is 0 Å². The number of para-hydroxylation sites is 1. The molecule has 0 amide bonds. The molecule has 162 valence electrons. The molecule has 0 aliphatic carbocycles. The lowest BCUT2D eigenvalue weighted by atomic mass is 10.1. The Labute approximate surface area is 194 Å². The maximum atomic E-state index is 5.60. The normalized spacial score (nSPS) is 11.2. The summed E-state index contributed by atoms with van der Waals surface area (Å²) in [5.74, 6) is 2.55. The first-order valence-corrected chi connectivity index (χ1v) is 9.78. The van der Waals surface area contributed by atoms with Gasteiger partial charge in [0, 0.05) is 46.2 Å². The fraction of sp³-hybridized carbons (Fsp3) is 0.364. The van der Waals surface area contributed by atoms with Gasteiger partial charge < -0.3 is 24.7 Å². The van der Waals surface area contributed by atoms with Gasteiger partial charge in [0.25, 0.3) is 0 Å². The molecule has 0 saturated carbocycles. The molecule has 0 radical (unpaired) electrons. The number of anilines is 1. The number of fused-ring (bicyclic) bond motifs is 1. The van der Waals surface area contributed by atoms with Crippen LogP contribution in [0.5, 0.6) is 0 Å². The highest BCUT2D eigenvalue weighted by Gasteiger charge is 2.08. The molecule has 2 aromatic heterocycles. The molecule has 2 N–H and O–H groups in total. The summed E-state index contributed by atoms with van der Waals surface area (Å²) in [4.78, 5) is 11.0. The van der Waals surface area contributed by atoms with Crippen LogP contribution in [-0.4, -0.2) is 45.2 Å². The van der Waals surface area contributed by atoms with Crippen LogP contribution < -0.4 is 15.5 Å². The first kappa shape index (κ1) is 23.9. The first-order chi connectivity index (χ1) is 14.2. The van der Waals surface area contributed by atoms with Gasteiger partial charge in [-0.3, -0.25) is 4.99 Å². The van der Waals surface area contributed by atoms with Crippen LogP contribution in [-0.2, 0) is 17.9 Å². The molecule has 0 saturated heterocycles. The number of guanidine groups is 1. The van der Waals surface area contributed by atoms with Gasteiger partial charge in [-0.1, -0.05) is 18.2 Å². The lowest BCUT2D eigenvalue weighted by Crippen LogP contribution is -2.37. The number of aliphatic imine (C=N–C) groups is 1. The third-order valence-electron chi connectivity index (χ3n) is 4.50. The molecular formula is C22H30IN5O2. The van der Waals surface area contributed by atoms with Crippen molar-refractivity contribution in [2.24, 2.45) is 4.99 Å². The molecule has 0 aliphatic rings. The molecule has 0 bridgehead atoms. The minimum Gasteiger partial charge on any atom is -0.467 e. The Bertz CT molecular complexity index is 928. The van der Waals surface area contributed by atoms with Crippen molar-refractivity contribution in [2.45, 2.75) is 19.6 Å². The zero-order valence-corrected chi connectivity index (χ0v) is 20.1. The van der Waals surface area contributed by atoms with Crippen LogP contribution in [0.1, 0.15) is 17.7 Å². The highest BCUT2D eigenvalue weighted by molar-refractivity contribution is 14.0. The molecule has 0 fully saturated rings. The zero-order valence-electron chi connectivity index (χ0n) is 17.7. The van der Waals surface area contributed by atoms with Crippen molar-refractivity contribution < 1.29 is 9.15 Å². The number of ether oxygens (including phenoxy) is 1. The molecular weight excluding hydrogens is 493 g/mol. The van der Waals surface area contributed by atoms with Gasteiger partial charge in [0.15, 0.2) is 5.96 Å². The lowest BCUT2D eigenvalue weighted by molar-refractivity contribution is 0.105. The van der Waals surface area contributed by atoms with Crippen molar-refractivity contribution in [3.8, 4) is 0 Å². The standard InChI is InChI=1S/C22H29N5O2.HI/c1-23-22(24-11-7-12-28-16-18-8-6-13-29-18)25-15-17-14-21(27(2)3)26-20-10-5-4-9-19(17)20;/h4-6,8-10,13-14H,7,11-12,15-16H2,1-3H3,(H2,23,24,25);1H. The van der Waals surface area contributed by atoms with Crippen molar-refractivity contribution in [3.63, 3.8) is 0 Å². The van der Waals surface area contributed by atoms with E-state index >= 15 is 0 Å². The van der Waals surface area contributed by atoms with Crippen LogP contribution in [0.25, 0.3) is 10.9 Å². The number of benzene rings is 1. The summed E-state index contributed by atoms with van der Waals surface area (Å²) in [5, 5.41) is 7.87. The van der Waals surface area contributed by atoms with Gasteiger partial charge in [-0.2, -0.15) is 0 Å². The molecule has 2 heterocycles. The SMILES string of the molecule is CN=C(NCCCOCc1ccco1)NCc1cc(N(C)C)nc2ccccc12.I. The maximum Gasteiger partial charge on any atom is 0.191 e. The van der Waals surface area contributed by atoms with E-state index in [4.69, 9.17) is 14.1 Å². The molecule has 7 nitrogen and oxygen atoms in total. The first-order valence-electron chi connectivity index (χ1n) is 9.78. The number of furan rings is 1. The summed E-state index contributed by atoms with van der Waals surface area (Å²) in [6.45, 7) is 2.60. The van der Waals surface area contributed by atoms with Crippen LogP contribution in [0.3, 0.4) is 0 Å². The molecule has 0 spiro atoms. The molecule has 0 aliphatic heterocycles. The number of halogens is 1. The van der Waals surface area contributed by atoms with Gasteiger partial charge in [-0.05, 0) is 36.2 Å². The number of nitrogens with one attached hydrogen (secondary N) is 2. The number of aromatic nitrogens is 1. The van der Waals surface area contributed by atoms with Crippen LogP contribution in [0.2, 0.25) is 0 Å². The highest BCUT2D eigenvalue weighted by Crippen LogP contribution is 2.21. The summed E-state index contributed by atoms with van der Waals surface area (Å²) in [5.41, 5.74) is 2.18. The van der Waals surface area contributed by atoms with Gasteiger partial charge in [-0.25, -0.2) is 4.98 Å². The van der Waals surface area contributed by atoms with E-state index in [-0.39, 0.29) is 24.0 Å². The number of nitrogens with zero attached hydrogens (tertiary/aromatic N) is 3. The van der Waals surface area contributed by atoms with E-state index in [9.17, 15) is 0 Å². The van der Waals surface area contributed by atoms with E-state index in [1.165, 1.54) is 5.56 Å². The van der Waals surface area contributed by atoms with Crippen molar-refractivity contribution in [1.29, 1.82) is 0 Å². The summed E-state index contributed by atoms with van der Waals surface area (Å²) < 4.78 is 10.8. The lowest BCUT2D eigenvalue weighted by Gasteiger charge is -2.17. The zero-order chi connectivity index (χ0) is 20.5. The predicted octanol–water partition coefficient (Wildman–Crippen LogP) is 3.78. The van der Waals surface area contributed by atoms with Gasteiger partial charge in [-0.15, -0.1) is 24.0 Å². The van der Waals surface area contributed by atoms with E-state index in [1.54, 1.807) is 13.3 Å². The Morgan fingerprint density at radius 3 is 2.73 bits per heavy atom. The Morgan fingerprint density at radius 2 is 2.00 bits per heavy atom. The van der Waals surface area contributed by atoms with Gasteiger partial charge in [0.2, 0.25) is 0 Å². The average Bonchev–Trinajstić information content (AvgIpc) is 3.25. The fourth-order valence-corrected chi connectivity index (χ4v) is 2.96. The van der Waals surface area contributed by atoms with Crippen molar-refractivity contribution in [1.82, 2.24) is 15.6 Å². The number of pyridine rings is 1. The van der Waals surface area contributed by atoms with Crippen LogP contribution >= 0.6 is 24.0 Å². The molecule has 0 unspecified atom stereocenters. The summed E-state index contributed by atoms with van der Waals surface area (Å²) in [6, 6.07) is 14.1. The number of rotatable bonds is 9. The smallest absolute Gasteiger partial charge is 0.191 e. The third-order valence-corrected chi connectivity index (χ3v) is 4.50. The second-order valence-corrected chi connectivity index (χ2v) is 6.89. The largest absolute Gasteiger partial charge is 0.467 e. The van der Waals surface area contributed by atoms with E-state index in [0.29, 0.717) is 19.8 Å². The van der Waals surface area contributed by atoms with Gasteiger partial charge in [0.05, 0.1) is 11.8 Å². The summed E-state index contributed by atoms with van der Waals surface area (Å²) in [7, 11) is 5.78. The third kappa shape index (κ3) is 6.88. The Kier molecular flexibility index (Phi) is 9.88. The van der Waals surface area contributed by atoms with E-state index in [0.717, 1.165) is 41.4 Å². The second-order valence-electron chi connectivity index (χ2n) is 6.89. The Hall–Kier alpha value is -2.33. The quantitative estimate of drug-likeness (QED) is 0.193. The van der Waals surface area contributed by atoms with Crippen molar-refractivity contribution in [3.05, 3.63) is 60.1 Å². The second kappa shape index (κ2) is 12.4. The predicted molar refractivity (Wildman–Crippen MR) is 133 cm³/mol. The van der Waals surface area contributed by atoms with Crippen molar-refractivity contribution in [2.75, 3.05) is 39.2 Å². The fourth-order valence-electron chi connectivity index (χ4n) is 2.96. The van der Waals surface area contributed by atoms with E-state index in [2.05, 4.69) is 27.8 Å². The molecule has 1 aromatic carbocycles. The highest BCUT2D eigenvalue weighted by atomic mass is 127. The topological polar surface area (TPSA) is 74.9 Å². The van der Waals surface area contributed by atoms with Crippen LogP contribution in [0, 0.1) is 0 Å². The molecule has 3 rings (SSSR count). The minimum absolute atomic E-state index is 0. The molecule has 30 heavy (non-hydrogen) atoms. The molecule has 3 aromatic rings. The van der Waals surface area contributed by atoms with E-state index in [1.807, 2.05) is 49.3 Å². The van der Waals surface area contributed by atoms with Crippen LogP contribution in [0.4, 0.5) is 5.82 Å². The Morgan fingerprint density at radius 1 is 1.17 bits per heavy atom. The van der Waals surface area contributed by atoms with E-state index < -0.39 is 0 Å². The number of hydrogen-bond donors (Lipinski definition) is 2. The van der Waals surface area contributed by atoms with Crippen molar-refractivity contribution >= 4 is 46.7 Å². The number of hydrogen-bond acceptors (Lipinski definition) is 5. The monoisotopic (exact) mass is 523 g/mol. The molecule has 0 atom stereocenters. The summed E-state index contributed by atoms with van der Waals surface area (Å²) >= 11 is 0. The Balaban J connectivity index is 0.00000320. The summed E-state index contributed by atoms with van der Waals surface area (Å²) in [6.07, 6.45) is 2.54.